The van der Waals surface area contributed by atoms with E-state index in [2.05, 4.69) is 25.5 Å². The zero-order chi connectivity index (χ0) is 17.9. The smallest absolute Gasteiger partial charge is 0.254 e. The topological polar surface area (TPSA) is 86.8 Å². The summed E-state index contributed by atoms with van der Waals surface area (Å²) in [5.74, 6) is 1.43. The number of aryl methyl sites for hydroxylation is 1. The van der Waals surface area contributed by atoms with E-state index in [4.69, 9.17) is 0 Å². The van der Waals surface area contributed by atoms with Crippen LogP contribution in [0.1, 0.15) is 27.8 Å². The number of hydrogen-bond donors (Lipinski definition) is 2. The lowest BCUT2D eigenvalue weighted by Crippen LogP contribution is -2.48. The Kier molecular flexibility index (Phi) is 4.45. The van der Waals surface area contributed by atoms with E-state index in [1.165, 1.54) is 0 Å². The predicted octanol–water partition coefficient (Wildman–Crippen LogP) is 1.96. The number of carbonyl (C=O) groups excluding carboxylic acids is 1. The Bertz CT molecular complexity index is 890. The molecule has 3 heterocycles. The molecule has 0 bridgehead atoms. The molecule has 7 heteroatoms. The molecule has 0 saturated carbocycles. The number of H-pyrrole nitrogens is 1. The summed E-state index contributed by atoms with van der Waals surface area (Å²) in [6.07, 6.45) is 3.57. The maximum Gasteiger partial charge on any atom is 0.254 e. The van der Waals surface area contributed by atoms with Gasteiger partial charge in [-0.3, -0.25) is 14.9 Å². The molecule has 0 radical (unpaired) electrons. The van der Waals surface area contributed by atoms with Gasteiger partial charge in [0.2, 0.25) is 0 Å². The lowest BCUT2D eigenvalue weighted by atomic mass is 10.0. The second kappa shape index (κ2) is 7.05. The molecule has 0 aliphatic carbocycles. The summed E-state index contributed by atoms with van der Waals surface area (Å²) in [6.45, 7) is 4.04. The zero-order valence-corrected chi connectivity index (χ0v) is 14.5. The quantitative estimate of drug-likeness (QED) is 0.756. The van der Waals surface area contributed by atoms with Gasteiger partial charge in [-0.05, 0) is 30.7 Å². The summed E-state index contributed by atoms with van der Waals surface area (Å²) < 4.78 is 0. The van der Waals surface area contributed by atoms with Crippen molar-refractivity contribution in [2.24, 2.45) is 0 Å². The molecular weight excluding hydrogens is 328 g/mol. The molecule has 1 aliphatic heterocycles. The van der Waals surface area contributed by atoms with E-state index >= 15 is 0 Å². The highest BCUT2D eigenvalue weighted by Gasteiger charge is 2.28. The summed E-state index contributed by atoms with van der Waals surface area (Å²) >= 11 is 0. The average molecular weight is 348 g/mol. The molecule has 3 aromatic rings. The van der Waals surface area contributed by atoms with Crippen LogP contribution in [0.5, 0.6) is 0 Å². The van der Waals surface area contributed by atoms with Gasteiger partial charge in [0.05, 0.1) is 6.04 Å². The number of benzene rings is 1. The van der Waals surface area contributed by atoms with E-state index in [0.29, 0.717) is 17.9 Å². The monoisotopic (exact) mass is 348 g/mol. The third-order valence-electron chi connectivity index (χ3n) is 4.56. The molecule has 2 aromatic heterocycles. The van der Waals surface area contributed by atoms with Gasteiger partial charge >= 0.3 is 0 Å². The van der Waals surface area contributed by atoms with Crippen molar-refractivity contribution in [1.29, 1.82) is 0 Å². The summed E-state index contributed by atoms with van der Waals surface area (Å²) in [4.78, 5) is 23.5. The van der Waals surface area contributed by atoms with Crippen molar-refractivity contribution in [3.8, 4) is 11.4 Å². The van der Waals surface area contributed by atoms with Crippen LogP contribution >= 0.6 is 0 Å². The van der Waals surface area contributed by atoms with E-state index < -0.39 is 0 Å². The standard InChI is InChI=1S/C19H20N6O/c1-13-22-18(24-23-13)14-4-6-15(7-5-14)19(26)25-10-9-21-12-17(25)16-3-2-8-20-11-16/h2-8,11,17,21H,9-10,12H2,1H3,(H,22,23,24). The highest BCUT2D eigenvalue weighted by Crippen LogP contribution is 2.24. The van der Waals surface area contributed by atoms with Crippen molar-refractivity contribution < 1.29 is 4.79 Å². The van der Waals surface area contributed by atoms with Crippen LogP contribution in [0.25, 0.3) is 11.4 Å². The highest BCUT2D eigenvalue weighted by atomic mass is 16.2. The van der Waals surface area contributed by atoms with Gasteiger partial charge in [-0.25, -0.2) is 4.98 Å². The highest BCUT2D eigenvalue weighted by molar-refractivity contribution is 5.95. The SMILES string of the molecule is Cc1nc(-c2ccc(C(=O)N3CCNCC3c3cccnc3)cc2)n[nH]1. The maximum absolute atomic E-state index is 13.1. The predicted molar refractivity (Wildman–Crippen MR) is 97.4 cm³/mol. The third kappa shape index (κ3) is 3.21. The Hall–Kier alpha value is -3.06. The first kappa shape index (κ1) is 16.4. The molecule has 1 aliphatic rings. The minimum absolute atomic E-state index is 0.0136. The summed E-state index contributed by atoms with van der Waals surface area (Å²) in [7, 11) is 0. The lowest BCUT2D eigenvalue weighted by molar-refractivity contribution is 0.0634. The minimum atomic E-state index is -0.0136. The normalized spacial score (nSPS) is 17.3. The molecule has 1 unspecified atom stereocenters. The first-order valence-corrected chi connectivity index (χ1v) is 8.63. The van der Waals surface area contributed by atoms with E-state index in [1.807, 2.05) is 54.4 Å². The molecule has 132 valence electrons. The fraction of sp³-hybridized carbons (Fsp3) is 0.263. The van der Waals surface area contributed by atoms with E-state index in [9.17, 15) is 4.79 Å². The number of carbonyl (C=O) groups is 1. The molecule has 1 aromatic carbocycles. The zero-order valence-electron chi connectivity index (χ0n) is 14.5. The fourth-order valence-corrected chi connectivity index (χ4v) is 3.22. The van der Waals surface area contributed by atoms with Gasteiger partial charge in [-0.1, -0.05) is 18.2 Å². The number of nitrogens with zero attached hydrogens (tertiary/aromatic N) is 4. The van der Waals surface area contributed by atoms with Crippen LogP contribution in [0.3, 0.4) is 0 Å². The largest absolute Gasteiger partial charge is 0.329 e. The first-order valence-electron chi connectivity index (χ1n) is 8.63. The first-order chi connectivity index (χ1) is 12.7. The van der Waals surface area contributed by atoms with E-state index in [1.54, 1.807) is 6.20 Å². The maximum atomic E-state index is 13.1. The van der Waals surface area contributed by atoms with Crippen LogP contribution < -0.4 is 5.32 Å². The summed E-state index contributed by atoms with van der Waals surface area (Å²) in [5.41, 5.74) is 2.59. The van der Waals surface area contributed by atoms with Gasteiger partial charge < -0.3 is 10.2 Å². The van der Waals surface area contributed by atoms with Crippen LogP contribution in [0.4, 0.5) is 0 Å². The van der Waals surface area contributed by atoms with Crippen molar-refractivity contribution in [1.82, 2.24) is 30.4 Å². The number of hydrogen-bond acceptors (Lipinski definition) is 5. The van der Waals surface area contributed by atoms with Gasteiger partial charge in [-0.15, -0.1) is 0 Å². The molecule has 1 amide bonds. The minimum Gasteiger partial charge on any atom is -0.329 e. The number of amides is 1. The van der Waals surface area contributed by atoms with Crippen molar-refractivity contribution in [3.63, 3.8) is 0 Å². The third-order valence-corrected chi connectivity index (χ3v) is 4.56. The summed E-state index contributed by atoms with van der Waals surface area (Å²) in [5, 5.41) is 10.3. The summed E-state index contributed by atoms with van der Waals surface area (Å²) in [6, 6.07) is 11.4. The van der Waals surface area contributed by atoms with Crippen molar-refractivity contribution in [2.45, 2.75) is 13.0 Å². The lowest BCUT2D eigenvalue weighted by Gasteiger charge is -2.36. The Morgan fingerprint density at radius 1 is 1.23 bits per heavy atom. The second-order valence-corrected chi connectivity index (χ2v) is 6.33. The number of rotatable bonds is 3. The van der Waals surface area contributed by atoms with Gasteiger partial charge in [0.15, 0.2) is 5.82 Å². The van der Waals surface area contributed by atoms with Crippen LogP contribution in [0, 0.1) is 6.92 Å². The molecule has 0 spiro atoms. The molecule has 1 saturated heterocycles. The van der Waals surface area contributed by atoms with Crippen LogP contribution in [-0.4, -0.2) is 50.6 Å². The van der Waals surface area contributed by atoms with Crippen LogP contribution in [0.2, 0.25) is 0 Å². The molecular formula is C19H20N6O. The number of nitrogens with one attached hydrogen (secondary N) is 2. The Balaban J connectivity index is 1.57. The molecule has 1 fully saturated rings. The second-order valence-electron chi connectivity index (χ2n) is 6.33. The van der Waals surface area contributed by atoms with Gasteiger partial charge in [-0.2, -0.15) is 5.10 Å². The number of aromatic nitrogens is 4. The Morgan fingerprint density at radius 2 is 2.08 bits per heavy atom. The van der Waals surface area contributed by atoms with Gasteiger partial charge in [0.1, 0.15) is 5.82 Å². The Morgan fingerprint density at radius 3 is 2.77 bits per heavy atom. The average Bonchev–Trinajstić information content (AvgIpc) is 3.14. The van der Waals surface area contributed by atoms with Crippen LogP contribution in [-0.2, 0) is 0 Å². The van der Waals surface area contributed by atoms with Crippen molar-refractivity contribution >= 4 is 5.91 Å². The number of pyridine rings is 1. The van der Waals surface area contributed by atoms with E-state index in [-0.39, 0.29) is 11.9 Å². The van der Waals surface area contributed by atoms with E-state index in [0.717, 1.165) is 30.0 Å². The molecule has 4 rings (SSSR count). The Labute approximate surface area is 151 Å². The molecule has 7 nitrogen and oxygen atoms in total. The van der Waals surface area contributed by atoms with Crippen molar-refractivity contribution in [3.05, 3.63) is 65.7 Å². The van der Waals surface area contributed by atoms with Crippen LogP contribution in [0.15, 0.2) is 48.8 Å². The molecule has 1 atom stereocenters. The molecule has 26 heavy (non-hydrogen) atoms. The fourth-order valence-electron chi connectivity index (χ4n) is 3.22. The number of aromatic amines is 1. The number of piperazine rings is 1. The molecule has 2 N–H and O–H groups in total. The van der Waals surface area contributed by atoms with Gasteiger partial charge in [0.25, 0.3) is 5.91 Å². The van der Waals surface area contributed by atoms with Gasteiger partial charge in [0, 0.05) is 43.2 Å². The van der Waals surface area contributed by atoms with Crippen molar-refractivity contribution in [2.75, 3.05) is 19.6 Å².